The summed E-state index contributed by atoms with van der Waals surface area (Å²) in [6, 6.07) is 6.98. The van der Waals surface area contributed by atoms with Crippen LogP contribution in [0.25, 0.3) is 6.08 Å². The van der Waals surface area contributed by atoms with E-state index in [0.29, 0.717) is 5.02 Å². The van der Waals surface area contributed by atoms with E-state index in [0.717, 1.165) is 11.6 Å². The summed E-state index contributed by atoms with van der Waals surface area (Å²) in [5.41, 5.74) is 0.782. The van der Waals surface area contributed by atoms with Gasteiger partial charge in [-0.25, -0.2) is 4.79 Å². The molecule has 0 bridgehead atoms. The number of hydrogen-bond acceptors (Lipinski definition) is 1. The number of aliphatic carboxylic acids is 1. The van der Waals surface area contributed by atoms with Gasteiger partial charge in [-0.3, -0.25) is 0 Å². The van der Waals surface area contributed by atoms with Gasteiger partial charge in [0.25, 0.3) is 0 Å². The molecule has 1 aromatic rings. The van der Waals surface area contributed by atoms with Crippen molar-refractivity contribution >= 4 is 23.6 Å². The second-order valence-electron chi connectivity index (χ2n) is 2.23. The zero-order chi connectivity index (χ0) is 8.97. The first-order chi connectivity index (χ1) is 5.68. The van der Waals surface area contributed by atoms with E-state index >= 15 is 0 Å². The van der Waals surface area contributed by atoms with Gasteiger partial charge >= 0.3 is 5.97 Å². The maximum absolute atomic E-state index is 10.1. The van der Waals surface area contributed by atoms with Gasteiger partial charge in [-0.05, 0) is 23.8 Å². The first kappa shape index (κ1) is 12.5. The molecular weight excluding hydrogens is 283 g/mol. The third-order valence-corrected chi connectivity index (χ3v) is 1.50. The standard InChI is InChI=1S/C9H7ClO2.Ag/c10-8-3-1-2-7(6-8)4-5-9(11)12;/h1-6H,(H,11,12);/b5-4+;. The Hall–Kier alpha value is -0.540. The average molecular weight is 290 g/mol. The molecule has 0 aliphatic heterocycles. The third kappa shape index (κ3) is 4.91. The molecule has 73 valence electrons. The molecule has 0 aliphatic carbocycles. The van der Waals surface area contributed by atoms with Gasteiger partial charge in [-0.15, -0.1) is 0 Å². The van der Waals surface area contributed by atoms with Crippen LogP contribution in [-0.4, -0.2) is 11.1 Å². The summed E-state index contributed by atoms with van der Waals surface area (Å²) in [5, 5.41) is 8.92. The van der Waals surface area contributed by atoms with E-state index in [-0.39, 0.29) is 22.4 Å². The van der Waals surface area contributed by atoms with Crippen LogP contribution in [0.2, 0.25) is 5.02 Å². The number of carbonyl (C=O) groups is 1. The van der Waals surface area contributed by atoms with Crippen molar-refractivity contribution in [2.75, 3.05) is 0 Å². The summed E-state index contributed by atoms with van der Waals surface area (Å²) in [5.74, 6) is -0.963. The van der Waals surface area contributed by atoms with E-state index in [1.165, 1.54) is 6.08 Å². The smallest absolute Gasteiger partial charge is 0.328 e. The Morgan fingerprint density at radius 1 is 1.46 bits per heavy atom. The van der Waals surface area contributed by atoms with Crippen LogP contribution in [0.4, 0.5) is 0 Å². The van der Waals surface area contributed by atoms with Crippen LogP contribution in [0.5, 0.6) is 0 Å². The third-order valence-electron chi connectivity index (χ3n) is 1.27. The Morgan fingerprint density at radius 3 is 2.69 bits per heavy atom. The summed E-state index contributed by atoms with van der Waals surface area (Å²) < 4.78 is 0. The number of benzene rings is 1. The minimum absolute atomic E-state index is 0. The first-order valence-electron chi connectivity index (χ1n) is 3.35. The van der Waals surface area contributed by atoms with Gasteiger partial charge < -0.3 is 5.11 Å². The number of hydrogen-bond donors (Lipinski definition) is 1. The van der Waals surface area contributed by atoms with Crippen LogP contribution in [0, 0.1) is 0 Å². The topological polar surface area (TPSA) is 37.3 Å². The van der Waals surface area contributed by atoms with Crippen molar-refractivity contribution in [3.05, 3.63) is 40.9 Å². The van der Waals surface area contributed by atoms with Gasteiger partial charge in [-0.1, -0.05) is 23.7 Å². The Labute approximate surface area is 96.7 Å². The molecule has 1 aromatic carbocycles. The monoisotopic (exact) mass is 289 g/mol. The predicted molar refractivity (Wildman–Crippen MR) is 48.1 cm³/mol. The van der Waals surface area contributed by atoms with Crippen molar-refractivity contribution < 1.29 is 32.3 Å². The van der Waals surface area contributed by atoms with Crippen molar-refractivity contribution in [3.63, 3.8) is 0 Å². The van der Waals surface area contributed by atoms with Gasteiger partial charge in [-0.2, -0.15) is 0 Å². The van der Waals surface area contributed by atoms with Crippen LogP contribution in [0.1, 0.15) is 5.56 Å². The largest absolute Gasteiger partial charge is 0.478 e. The molecule has 1 N–H and O–H groups in total. The van der Waals surface area contributed by atoms with Gasteiger partial charge in [0.1, 0.15) is 0 Å². The van der Waals surface area contributed by atoms with E-state index in [2.05, 4.69) is 0 Å². The van der Waals surface area contributed by atoms with Crippen LogP contribution in [-0.2, 0) is 27.2 Å². The molecule has 1 radical (unpaired) electrons. The molecule has 0 saturated heterocycles. The summed E-state index contributed by atoms with van der Waals surface area (Å²) in [6.07, 6.45) is 2.57. The Bertz CT molecular complexity index is 323. The van der Waals surface area contributed by atoms with Crippen molar-refractivity contribution in [2.24, 2.45) is 0 Å². The fourth-order valence-corrected chi connectivity index (χ4v) is 0.977. The molecule has 0 fully saturated rings. The molecule has 0 amide bonds. The maximum Gasteiger partial charge on any atom is 0.328 e. The zero-order valence-corrected chi connectivity index (χ0v) is 8.74. The maximum atomic E-state index is 10.1. The van der Waals surface area contributed by atoms with Crippen LogP contribution in [0.15, 0.2) is 30.3 Å². The van der Waals surface area contributed by atoms with Crippen molar-refractivity contribution in [3.8, 4) is 0 Å². The van der Waals surface area contributed by atoms with Crippen LogP contribution in [0.3, 0.4) is 0 Å². The molecule has 0 atom stereocenters. The van der Waals surface area contributed by atoms with E-state index in [4.69, 9.17) is 16.7 Å². The normalized spacial score (nSPS) is 9.62. The zero-order valence-electron chi connectivity index (χ0n) is 6.50. The second kappa shape index (κ2) is 6.00. The Kier molecular flexibility index (Phi) is 5.75. The molecule has 0 heterocycles. The van der Waals surface area contributed by atoms with Gasteiger partial charge in [0.2, 0.25) is 0 Å². The van der Waals surface area contributed by atoms with Crippen molar-refractivity contribution in [2.45, 2.75) is 0 Å². The van der Waals surface area contributed by atoms with E-state index in [1.54, 1.807) is 24.3 Å². The van der Waals surface area contributed by atoms with Crippen LogP contribution < -0.4 is 0 Å². The number of carboxylic acids is 1. The fourth-order valence-electron chi connectivity index (χ4n) is 0.778. The summed E-state index contributed by atoms with van der Waals surface area (Å²) in [7, 11) is 0. The average Bonchev–Trinajstić information content (AvgIpc) is 2.01. The van der Waals surface area contributed by atoms with E-state index in [9.17, 15) is 4.79 Å². The van der Waals surface area contributed by atoms with Gasteiger partial charge in [0.05, 0.1) is 0 Å². The molecule has 4 heteroatoms. The van der Waals surface area contributed by atoms with E-state index < -0.39 is 5.97 Å². The SMILES string of the molecule is O=C(O)/C=C/c1cccc(Cl)c1.[Ag]. The molecule has 1 rings (SSSR count). The molecule has 0 saturated carbocycles. The summed E-state index contributed by atoms with van der Waals surface area (Å²) in [4.78, 5) is 10.1. The Balaban J connectivity index is 0.00000144. The molecular formula is C9H7AgClO2. The molecule has 2 nitrogen and oxygen atoms in total. The quantitative estimate of drug-likeness (QED) is 0.671. The first-order valence-corrected chi connectivity index (χ1v) is 3.73. The van der Waals surface area contributed by atoms with Crippen molar-refractivity contribution in [1.29, 1.82) is 0 Å². The minimum atomic E-state index is -0.963. The summed E-state index contributed by atoms with van der Waals surface area (Å²) >= 11 is 5.68. The predicted octanol–water partition coefficient (Wildman–Crippen LogP) is 2.44. The van der Waals surface area contributed by atoms with Gasteiger partial charge in [0.15, 0.2) is 0 Å². The number of halogens is 1. The van der Waals surface area contributed by atoms with Gasteiger partial charge in [0, 0.05) is 33.5 Å². The van der Waals surface area contributed by atoms with Crippen molar-refractivity contribution in [1.82, 2.24) is 0 Å². The van der Waals surface area contributed by atoms with E-state index in [1.807, 2.05) is 0 Å². The summed E-state index contributed by atoms with van der Waals surface area (Å²) in [6.45, 7) is 0. The number of rotatable bonds is 2. The minimum Gasteiger partial charge on any atom is -0.478 e. The second-order valence-corrected chi connectivity index (χ2v) is 2.66. The Morgan fingerprint density at radius 2 is 2.15 bits per heavy atom. The van der Waals surface area contributed by atoms with Crippen LogP contribution >= 0.6 is 11.6 Å². The molecule has 0 spiro atoms. The molecule has 0 unspecified atom stereocenters. The molecule has 0 aliphatic rings. The molecule has 13 heavy (non-hydrogen) atoms. The number of carboxylic acid groups (broad SMARTS) is 1. The molecule has 0 aromatic heterocycles. The fraction of sp³-hybridized carbons (Fsp3) is 0.